The van der Waals surface area contributed by atoms with Crippen molar-refractivity contribution in [2.45, 2.75) is 65.8 Å². The van der Waals surface area contributed by atoms with Crippen molar-refractivity contribution in [2.75, 3.05) is 26.8 Å². The molecule has 1 saturated carbocycles. The fourth-order valence-corrected chi connectivity index (χ4v) is 2.48. The summed E-state index contributed by atoms with van der Waals surface area (Å²) in [5.74, 6) is 1.70. The highest BCUT2D eigenvalue weighted by atomic mass is 16.5. The molecule has 1 aliphatic rings. The van der Waals surface area contributed by atoms with Crippen LogP contribution in [-0.2, 0) is 4.74 Å². The van der Waals surface area contributed by atoms with Gasteiger partial charge in [-0.3, -0.25) is 4.99 Å². The number of hydrogen-bond donors (Lipinski definition) is 2. The summed E-state index contributed by atoms with van der Waals surface area (Å²) in [6.07, 6.45) is 6.23. The highest BCUT2D eigenvalue weighted by Crippen LogP contribution is 2.48. The van der Waals surface area contributed by atoms with E-state index in [0.29, 0.717) is 11.5 Å². The molecule has 0 aromatic rings. The molecule has 0 radical (unpaired) electrons. The lowest BCUT2D eigenvalue weighted by Crippen LogP contribution is -2.44. The minimum absolute atomic E-state index is 0.452. The average molecular weight is 297 g/mol. The molecule has 0 spiro atoms. The van der Waals surface area contributed by atoms with E-state index in [2.05, 4.69) is 43.3 Å². The first kappa shape index (κ1) is 18.3. The van der Waals surface area contributed by atoms with E-state index in [-0.39, 0.29) is 0 Å². The van der Waals surface area contributed by atoms with Gasteiger partial charge in [-0.2, -0.15) is 0 Å². The van der Waals surface area contributed by atoms with Crippen molar-refractivity contribution in [2.24, 2.45) is 16.3 Å². The Morgan fingerprint density at radius 2 is 1.95 bits per heavy atom. The van der Waals surface area contributed by atoms with Crippen molar-refractivity contribution in [3.63, 3.8) is 0 Å². The molecule has 1 unspecified atom stereocenters. The summed E-state index contributed by atoms with van der Waals surface area (Å²) >= 11 is 0. The third-order valence-electron chi connectivity index (χ3n) is 4.35. The minimum atomic E-state index is 0.452. The lowest BCUT2D eigenvalue weighted by atomic mass is 10.0. The number of hydrogen-bond acceptors (Lipinski definition) is 2. The van der Waals surface area contributed by atoms with Gasteiger partial charge in [0.2, 0.25) is 0 Å². The van der Waals surface area contributed by atoms with Gasteiger partial charge in [0.15, 0.2) is 5.96 Å². The summed E-state index contributed by atoms with van der Waals surface area (Å²) in [7, 11) is 1.85. The summed E-state index contributed by atoms with van der Waals surface area (Å²) in [4.78, 5) is 4.35. The van der Waals surface area contributed by atoms with Gasteiger partial charge in [-0.25, -0.2) is 0 Å². The van der Waals surface area contributed by atoms with E-state index in [1.54, 1.807) is 0 Å². The van der Waals surface area contributed by atoms with Crippen molar-refractivity contribution >= 4 is 5.96 Å². The summed E-state index contributed by atoms with van der Waals surface area (Å²) in [6, 6.07) is 0.470. The SMILES string of the molecule is CCOCCC1(CNC(=NC)NC(C)CCC(C)C)CC1. The molecule has 2 N–H and O–H groups in total. The topological polar surface area (TPSA) is 45.6 Å². The highest BCUT2D eigenvalue weighted by Gasteiger charge is 2.41. The second kappa shape index (κ2) is 9.29. The van der Waals surface area contributed by atoms with Crippen molar-refractivity contribution < 1.29 is 4.74 Å². The summed E-state index contributed by atoms with van der Waals surface area (Å²) < 4.78 is 5.49. The first-order valence-electron chi connectivity index (χ1n) is 8.56. The van der Waals surface area contributed by atoms with E-state index >= 15 is 0 Å². The Labute approximate surface area is 131 Å². The van der Waals surface area contributed by atoms with Crippen LogP contribution in [0.3, 0.4) is 0 Å². The molecule has 0 bridgehead atoms. The smallest absolute Gasteiger partial charge is 0.191 e. The molecule has 0 saturated heterocycles. The van der Waals surface area contributed by atoms with Crippen LogP contribution in [0.4, 0.5) is 0 Å². The molecule has 1 aliphatic carbocycles. The number of guanidine groups is 1. The molecule has 124 valence electrons. The molecule has 0 aliphatic heterocycles. The van der Waals surface area contributed by atoms with E-state index < -0.39 is 0 Å². The van der Waals surface area contributed by atoms with Crippen LogP contribution in [-0.4, -0.2) is 38.8 Å². The minimum Gasteiger partial charge on any atom is -0.382 e. The first-order chi connectivity index (χ1) is 10.0. The predicted molar refractivity (Wildman–Crippen MR) is 90.8 cm³/mol. The molecule has 4 heteroatoms. The first-order valence-corrected chi connectivity index (χ1v) is 8.56. The van der Waals surface area contributed by atoms with Crippen molar-refractivity contribution in [3.8, 4) is 0 Å². The van der Waals surface area contributed by atoms with Gasteiger partial charge in [-0.05, 0) is 57.3 Å². The lowest BCUT2D eigenvalue weighted by molar-refractivity contribution is 0.128. The molecule has 21 heavy (non-hydrogen) atoms. The zero-order chi connectivity index (χ0) is 15.7. The maximum Gasteiger partial charge on any atom is 0.191 e. The highest BCUT2D eigenvalue weighted by molar-refractivity contribution is 5.80. The number of nitrogens with one attached hydrogen (secondary N) is 2. The van der Waals surface area contributed by atoms with E-state index in [0.717, 1.165) is 38.1 Å². The van der Waals surface area contributed by atoms with Gasteiger partial charge in [0.05, 0.1) is 0 Å². The quantitative estimate of drug-likeness (QED) is 0.370. The van der Waals surface area contributed by atoms with E-state index in [4.69, 9.17) is 4.74 Å². The maximum absolute atomic E-state index is 5.49. The van der Waals surface area contributed by atoms with Crippen LogP contribution in [0.5, 0.6) is 0 Å². The number of aliphatic imine (C=N–C) groups is 1. The molecular weight excluding hydrogens is 262 g/mol. The van der Waals surface area contributed by atoms with Gasteiger partial charge in [-0.1, -0.05) is 13.8 Å². The molecule has 1 fully saturated rings. The summed E-state index contributed by atoms with van der Waals surface area (Å²) in [5.41, 5.74) is 0.452. The molecule has 0 amide bonds. The molecule has 0 aromatic carbocycles. The Hall–Kier alpha value is -0.770. The van der Waals surface area contributed by atoms with Gasteiger partial charge in [0.1, 0.15) is 0 Å². The second-order valence-corrected chi connectivity index (χ2v) is 6.89. The van der Waals surface area contributed by atoms with Gasteiger partial charge in [0, 0.05) is 32.8 Å². The Balaban J connectivity index is 2.25. The molecule has 1 rings (SSSR count). The van der Waals surface area contributed by atoms with Crippen molar-refractivity contribution in [3.05, 3.63) is 0 Å². The van der Waals surface area contributed by atoms with Gasteiger partial charge >= 0.3 is 0 Å². The van der Waals surface area contributed by atoms with E-state index in [9.17, 15) is 0 Å². The standard InChI is InChI=1S/C17H35N3O/c1-6-21-12-11-17(9-10-17)13-19-16(18-5)20-15(4)8-7-14(2)3/h14-15H,6-13H2,1-5H3,(H2,18,19,20). The zero-order valence-electron chi connectivity index (χ0n) is 14.7. The Morgan fingerprint density at radius 1 is 1.24 bits per heavy atom. The monoisotopic (exact) mass is 297 g/mol. The number of nitrogens with zero attached hydrogens (tertiary/aromatic N) is 1. The van der Waals surface area contributed by atoms with Crippen LogP contribution in [0.25, 0.3) is 0 Å². The van der Waals surface area contributed by atoms with Crippen LogP contribution < -0.4 is 10.6 Å². The zero-order valence-corrected chi connectivity index (χ0v) is 14.7. The van der Waals surface area contributed by atoms with Crippen LogP contribution in [0.15, 0.2) is 4.99 Å². The lowest BCUT2D eigenvalue weighted by Gasteiger charge is -2.21. The fraction of sp³-hybridized carbons (Fsp3) is 0.941. The fourth-order valence-electron chi connectivity index (χ4n) is 2.48. The van der Waals surface area contributed by atoms with Gasteiger partial charge in [0.25, 0.3) is 0 Å². The summed E-state index contributed by atoms with van der Waals surface area (Å²) in [6.45, 7) is 11.6. The van der Waals surface area contributed by atoms with Crippen LogP contribution >= 0.6 is 0 Å². The number of ether oxygens (including phenoxy) is 1. The van der Waals surface area contributed by atoms with E-state index in [1.165, 1.54) is 25.7 Å². The van der Waals surface area contributed by atoms with E-state index in [1.807, 2.05) is 7.05 Å². The molecule has 0 heterocycles. The van der Waals surface area contributed by atoms with Crippen LogP contribution in [0.2, 0.25) is 0 Å². The molecule has 1 atom stereocenters. The normalized spacial score (nSPS) is 18.7. The molecule has 0 aromatic heterocycles. The van der Waals surface area contributed by atoms with Gasteiger partial charge in [-0.15, -0.1) is 0 Å². The largest absolute Gasteiger partial charge is 0.382 e. The third kappa shape index (κ3) is 7.70. The Kier molecular flexibility index (Phi) is 8.09. The van der Waals surface area contributed by atoms with Gasteiger partial charge < -0.3 is 15.4 Å². The van der Waals surface area contributed by atoms with Crippen LogP contribution in [0.1, 0.15) is 59.8 Å². The molecular formula is C17H35N3O. The van der Waals surface area contributed by atoms with Crippen molar-refractivity contribution in [1.82, 2.24) is 10.6 Å². The number of rotatable bonds is 10. The average Bonchev–Trinajstić information content (AvgIpc) is 3.22. The Morgan fingerprint density at radius 3 is 2.48 bits per heavy atom. The Bertz CT molecular complexity index is 311. The second-order valence-electron chi connectivity index (χ2n) is 6.89. The summed E-state index contributed by atoms with van der Waals surface area (Å²) in [5, 5.41) is 7.00. The van der Waals surface area contributed by atoms with Crippen LogP contribution in [0, 0.1) is 11.3 Å². The third-order valence-corrected chi connectivity index (χ3v) is 4.35. The predicted octanol–water partition coefficient (Wildman–Crippen LogP) is 3.18. The molecule has 4 nitrogen and oxygen atoms in total. The maximum atomic E-state index is 5.49. The van der Waals surface area contributed by atoms with Crippen molar-refractivity contribution in [1.29, 1.82) is 0 Å².